The third-order valence-electron chi connectivity index (χ3n) is 2.00. The first-order valence-electron chi connectivity index (χ1n) is 4.23. The summed E-state index contributed by atoms with van der Waals surface area (Å²) < 4.78 is 0. The number of rotatable bonds is 1. The van der Waals surface area contributed by atoms with Crippen molar-refractivity contribution >= 4 is 0 Å². The van der Waals surface area contributed by atoms with Gasteiger partial charge >= 0.3 is 0 Å². The molecule has 76 valence electrons. The topological polar surface area (TPSA) is 86.2 Å². The maximum atomic E-state index is 11.4. The van der Waals surface area contributed by atoms with E-state index in [9.17, 15) is 9.90 Å². The lowest BCUT2D eigenvalue weighted by molar-refractivity contribution is 0.404. The molecule has 0 saturated heterocycles. The molecule has 0 spiro atoms. The van der Waals surface area contributed by atoms with Crippen molar-refractivity contribution in [3.05, 3.63) is 41.1 Å². The number of nitrogens with one attached hydrogen (secondary N) is 1. The molecule has 0 fully saturated rings. The summed E-state index contributed by atoms with van der Waals surface area (Å²) in [7, 11) is 0. The minimum absolute atomic E-state index is 0.223. The number of benzene rings is 1. The number of aromatic amines is 1. The fourth-order valence-electron chi connectivity index (χ4n) is 1.24. The van der Waals surface area contributed by atoms with Crippen molar-refractivity contribution < 1.29 is 10.2 Å². The van der Waals surface area contributed by atoms with Crippen molar-refractivity contribution in [3.8, 4) is 22.6 Å². The standard InChI is InChI=1S/C10H8N2O3/c13-8-2-1-6(3-9(8)14)7-4-11-5-12-10(7)15/h1-5,13-14H,(H,11,12,15). The van der Waals surface area contributed by atoms with Crippen molar-refractivity contribution in [2.75, 3.05) is 0 Å². The van der Waals surface area contributed by atoms with E-state index in [-0.39, 0.29) is 17.1 Å². The van der Waals surface area contributed by atoms with Gasteiger partial charge in [-0.1, -0.05) is 6.07 Å². The first kappa shape index (κ1) is 9.26. The lowest BCUT2D eigenvalue weighted by Gasteiger charge is -2.01. The van der Waals surface area contributed by atoms with Crippen LogP contribution in [-0.2, 0) is 0 Å². The summed E-state index contributed by atoms with van der Waals surface area (Å²) in [5, 5.41) is 18.4. The van der Waals surface area contributed by atoms with Crippen LogP contribution in [0.3, 0.4) is 0 Å². The van der Waals surface area contributed by atoms with Gasteiger partial charge in [0.15, 0.2) is 11.5 Å². The third-order valence-corrected chi connectivity index (χ3v) is 2.00. The van der Waals surface area contributed by atoms with E-state index in [0.717, 1.165) is 0 Å². The zero-order chi connectivity index (χ0) is 10.8. The quantitative estimate of drug-likeness (QED) is 0.601. The van der Waals surface area contributed by atoms with Gasteiger partial charge in [-0.2, -0.15) is 0 Å². The van der Waals surface area contributed by atoms with Gasteiger partial charge in [0.05, 0.1) is 11.9 Å². The number of phenols is 2. The number of aromatic nitrogens is 2. The molecular weight excluding hydrogens is 196 g/mol. The van der Waals surface area contributed by atoms with Gasteiger partial charge in [0, 0.05) is 6.20 Å². The zero-order valence-electron chi connectivity index (χ0n) is 7.64. The number of hydrogen-bond acceptors (Lipinski definition) is 4. The van der Waals surface area contributed by atoms with Crippen molar-refractivity contribution in [2.45, 2.75) is 0 Å². The molecule has 15 heavy (non-hydrogen) atoms. The number of phenolic OH excluding ortho intramolecular Hbond substituents is 2. The Morgan fingerprint density at radius 1 is 1.20 bits per heavy atom. The van der Waals surface area contributed by atoms with Crippen LogP contribution in [0.1, 0.15) is 0 Å². The molecule has 0 atom stereocenters. The summed E-state index contributed by atoms with van der Waals surface area (Å²) in [5.41, 5.74) is 0.544. The van der Waals surface area contributed by atoms with Crippen LogP contribution in [0.25, 0.3) is 11.1 Å². The van der Waals surface area contributed by atoms with E-state index in [0.29, 0.717) is 11.1 Å². The lowest BCUT2D eigenvalue weighted by Crippen LogP contribution is -2.08. The van der Waals surface area contributed by atoms with Crippen LogP contribution in [-0.4, -0.2) is 20.2 Å². The van der Waals surface area contributed by atoms with Gasteiger partial charge < -0.3 is 15.2 Å². The van der Waals surface area contributed by atoms with Gasteiger partial charge in [-0.25, -0.2) is 4.98 Å². The normalized spacial score (nSPS) is 10.1. The summed E-state index contributed by atoms with van der Waals surface area (Å²) in [4.78, 5) is 17.6. The van der Waals surface area contributed by atoms with E-state index in [1.54, 1.807) is 0 Å². The molecule has 2 rings (SSSR count). The number of nitrogens with zero attached hydrogens (tertiary/aromatic N) is 1. The summed E-state index contributed by atoms with van der Waals surface area (Å²) in [6.07, 6.45) is 2.68. The second kappa shape index (κ2) is 3.45. The predicted octanol–water partition coefficient (Wildman–Crippen LogP) is 0.848. The second-order valence-electron chi connectivity index (χ2n) is 3.00. The number of hydrogen-bond donors (Lipinski definition) is 3. The van der Waals surface area contributed by atoms with Gasteiger partial charge in [0.1, 0.15) is 0 Å². The average Bonchev–Trinajstić information content (AvgIpc) is 2.23. The van der Waals surface area contributed by atoms with Gasteiger partial charge in [0.2, 0.25) is 0 Å². The van der Waals surface area contributed by atoms with Crippen LogP contribution in [0.2, 0.25) is 0 Å². The van der Waals surface area contributed by atoms with Crippen LogP contribution < -0.4 is 5.56 Å². The van der Waals surface area contributed by atoms with E-state index in [1.165, 1.54) is 30.7 Å². The maximum Gasteiger partial charge on any atom is 0.258 e. The van der Waals surface area contributed by atoms with E-state index >= 15 is 0 Å². The number of aromatic hydroxyl groups is 2. The highest BCUT2D eigenvalue weighted by Gasteiger charge is 2.05. The number of H-pyrrole nitrogens is 1. The molecule has 1 aromatic heterocycles. The fraction of sp³-hybridized carbons (Fsp3) is 0. The first-order valence-corrected chi connectivity index (χ1v) is 4.23. The molecule has 0 amide bonds. The van der Waals surface area contributed by atoms with E-state index < -0.39 is 0 Å². The van der Waals surface area contributed by atoms with Gasteiger partial charge in [-0.15, -0.1) is 0 Å². The average molecular weight is 204 g/mol. The molecule has 2 aromatic rings. The van der Waals surface area contributed by atoms with E-state index in [2.05, 4.69) is 9.97 Å². The SMILES string of the molecule is O=c1[nH]cncc1-c1ccc(O)c(O)c1. The molecule has 3 N–H and O–H groups in total. The van der Waals surface area contributed by atoms with Crippen LogP contribution in [0.15, 0.2) is 35.5 Å². The Hall–Kier alpha value is -2.30. The van der Waals surface area contributed by atoms with Gasteiger partial charge in [-0.05, 0) is 17.7 Å². The Balaban J connectivity index is 2.60. The molecule has 1 heterocycles. The molecule has 0 saturated carbocycles. The van der Waals surface area contributed by atoms with E-state index in [4.69, 9.17) is 5.11 Å². The second-order valence-corrected chi connectivity index (χ2v) is 3.00. The molecule has 5 nitrogen and oxygen atoms in total. The molecular formula is C10H8N2O3. The van der Waals surface area contributed by atoms with Crippen LogP contribution in [0, 0.1) is 0 Å². The highest BCUT2D eigenvalue weighted by molar-refractivity contribution is 5.65. The molecule has 0 radical (unpaired) electrons. The molecule has 0 unspecified atom stereocenters. The van der Waals surface area contributed by atoms with E-state index in [1.807, 2.05) is 0 Å². The molecule has 0 aliphatic carbocycles. The monoisotopic (exact) mass is 204 g/mol. The van der Waals surface area contributed by atoms with Crippen LogP contribution in [0.4, 0.5) is 0 Å². The van der Waals surface area contributed by atoms with Crippen molar-refractivity contribution in [1.29, 1.82) is 0 Å². The zero-order valence-corrected chi connectivity index (χ0v) is 7.64. The summed E-state index contributed by atoms with van der Waals surface area (Å²) in [6.45, 7) is 0. The fourth-order valence-corrected chi connectivity index (χ4v) is 1.24. The summed E-state index contributed by atoms with van der Waals surface area (Å²) in [6, 6.07) is 4.15. The van der Waals surface area contributed by atoms with Crippen molar-refractivity contribution in [2.24, 2.45) is 0 Å². The van der Waals surface area contributed by atoms with Crippen LogP contribution >= 0.6 is 0 Å². The Kier molecular flexibility index (Phi) is 2.13. The molecule has 1 aromatic carbocycles. The highest BCUT2D eigenvalue weighted by Crippen LogP contribution is 2.28. The summed E-state index contributed by atoms with van der Waals surface area (Å²) in [5.74, 6) is -0.491. The molecule has 0 bridgehead atoms. The summed E-state index contributed by atoms with van der Waals surface area (Å²) >= 11 is 0. The van der Waals surface area contributed by atoms with Crippen molar-refractivity contribution in [3.63, 3.8) is 0 Å². The third kappa shape index (κ3) is 1.67. The smallest absolute Gasteiger partial charge is 0.258 e. The van der Waals surface area contributed by atoms with Gasteiger partial charge in [0.25, 0.3) is 5.56 Å². The minimum atomic E-state index is -0.296. The largest absolute Gasteiger partial charge is 0.504 e. The Bertz CT molecular complexity index is 548. The highest BCUT2D eigenvalue weighted by atomic mass is 16.3. The minimum Gasteiger partial charge on any atom is -0.504 e. The molecule has 0 aliphatic rings. The Morgan fingerprint density at radius 3 is 2.67 bits per heavy atom. The lowest BCUT2D eigenvalue weighted by atomic mass is 10.1. The van der Waals surface area contributed by atoms with Crippen LogP contribution in [0.5, 0.6) is 11.5 Å². The van der Waals surface area contributed by atoms with Gasteiger partial charge in [-0.3, -0.25) is 4.79 Å². The first-order chi connectivity index (χ1) is 7.18. The maximum absolute atomic E-state index is 11.4. The predicted molar refractivity (Wildman–Crippen MR) is 53.6 cm³/mol. The Morgan fingerprint density at radius 2 is 2.00 bits per heavy atom. The Labute approximate surface area is 84.7 Å². The molecule has 5 heteroatoms. The van der Waals surface area contributed by atoms with Crippen molar-refractivity contribution in [1.82, 2.24) is 9.97 Å². The molecule has 0 aliphatic heterocycles.